The normalized spacial score (nSPS) is 15.4. The number of piperazine rings is 1. The van der Waals surface area contributed by atoms with Crippen LogP contribution in [0.2, 0.25) is 0 Å². The standard InChI is InChI=1S/C21H28N6OS/c1-15(2)20-22-16(3)14-18(23-20)27-11-9-26(10-12-27)8-4-7-19-24-21(25-28-19)17-6-5-13-29-17/h5-6,13-15H,4,7-12H2,1-3H3. The van der Waals surface area contributed by atoms with Crippen LogP contribution in [-0.2, 0) is 6.42 Å². The zero-order chi connectivity index (χ0) is 20.2. The van der Waals surface area contributed by atoms with Gasteiger partial charge in [0.25, 0.3) is 0 Å². The monoisotopic (exact) mass is 412 g/mol. The molecule has 0 N–H and O–H groups in total. The lowest BCUT2D eigenvalue weighted by atomic mass is 10.2. The molecular weight excluding hydrogens is 384 g/mol. The van der Waals surface area contributed by atoms with Crippen molar-refractivity contribution in [3.05, 3.63) is 41.0 Å². The van der Waals surface area contributed by atoms with Crippen LogP contribution in [0.1, 0.15) is 43.6 Å². The lowest BCUT2D eigenvalue weighted by Gasteiger charge is -2.35. The second-order valence-electron chi connectivity index (χ2n) is 7.80. The van der Waals surface area contributed by atoms with Crippen LogP contribution in [-0.4, -0.2) is 57.7 Å². The van der Waals surface area contributed by atoms with Crippen LogP contribution in [0.15, 0.2) is 28.1 Å². The molecule has 0 amide bonds. The number of nitrogens with zero attached hydrogens (tertiary/aromatic N) is 6. The van der Waals surface area contributed by atoms with Crippen molar-refractivity contribution >= 4 is 17.2 Å². The van der Waals surface area contributed by atoms with Crippen molar-refractivity contribution in [2.24, 2.45) is 0 Å². The zero-order valence-corrected chi connectivity index (χ0v) is 18.2. The summed E-state index contributed by atoms with van der Waals surface area (Å²) in [4.78, 5) is 19.8. The second kappa shape index (κ2) is 9.00. The van der Waals surface area contributed by atoms with Crippen molar-refractivity contribution in [2.75, 3.05) is 37.6 Å². The lowest BCUT2D eigenvalue weighted by molar-refractivity contribution is 0.250. The first-order chi connectivity index (χ1) is 14.1. The molecule has 0 saturated carbocycles. The molecule has 1 aliphatic heterocycles. The fourth-order valence-corrected chi connectivity index (χ4v) is 4.16. The van der Waals surface area contributed by atoms with Gasteiger partial charge in [-0.15, -0.1) is 11.3 Å². The lowest BCUT2D eigenvalue weighted by Crippen LogP contribution is -2.47. The van der Waals surface area contributed by atoms with E-state index in [0.29, 0.717) is 11.7 Å². The van der Waals surface area contributed by atoms with Crippen LogP contribution in [0, 0.1) is 6.92 Å². The maximum atomic E-state index is 5.40. The minimum absolute atomic E-state index is 0.347. The summed E-state index contributed by atoms with van der Waals surface area (Å²) in [5.74, 6) is 3.77. The fourth-order valence-electron chi connectivity index (χ4n) is 3.51. The number of hydrogen-bond acceptors (Lipinski definition) is 8. The van der Waals surface area contributed by atoms with E-state index in [0.717, 1.165) is 73.7 Å². The van der Waals surface area contributed by atoms with Gasteiger partial charge in [0.2, 0.25) is 11.7 Å². The van der Waals surface area contributed by atoms with Gasteiger partial charge in [-0.1, -0.05) is 25.1 Å². The molecule has 154 valence electrons. The molecule has 0 radical (unpaired) electrons. The molecule has 1 fully saturated rings. The van der Waals surface area contributed by atoms with Gasteiger partial charge in [-0.25, -0.2) is 9.97 Å². The molecule has 0 spiro atoms. The summed E-state index contributed by atoms with van der Waals surface area (Å²) in [5.41, 5.74) is 1.04. The van der Waals surface area contributed by atoms with Gasteiger partial charge in [0.15, 0.2) is 0 Å². The van der Waals surface area contributed by atoms with Crippen molar-refractivity contribution < 1.29 is 4.52 Å². The van der Waals surface area contributed by atoms with Gasteiger partial charge in [0.05, 0.1) is 4.88 Å². The van der Waals surface area contributed by atoms with Crippen LogP contribution in [0.25, 0.3) is 10.7 Å². The summed E-state index contributed by atoms with van der Waals surface area (Å²) in [6.07, 6.45) is 1.84. The summed E-state index contributed by atoms with van der Waals surface area (Å²) < 4.78 is 5.40. The van der Waals surface area contributed by atoms with E-state index < -0.39 is 0 Å². The summed E-state index contributed by atoms with van der Waals surface area (Å²) in [5, 5.41) is 6.11. The first-order valence-electron chi connectivity index (χ1n) is 10.3. The molecule has 0 bridgehead atoms. The van der Waals surface area contributed by atoms with E-state index in [9.17, 15) is 0 Å². The predicted octanol–water partition coefficient (Wildman–Crippen LogP) is 3.77. The summed E-state index contributed by atoms with van der Waals surface area (Å²) >= 11 is 1.63. The average Bonchev–Trinajstić information content (AvgIpc) is 3.40. The molecule has 8 heteroatoms. The van der Waals surface area contributed by atoms with E-state index in [1.165, 1.54) is 0 Å². The summed E-state index contributed by atoms with van der Waals surface area (Å²) in [6, 6.07) is 6.12. The first-order valence-corrected chi connectivity index (χ1v) is 11.2. The molecule has 0 atom stereocenters. The SMILES string of the molecule is Cc1cc(N2CCN(CCCc3nc(-c4cccs4)no3)CC2)nc(C(C)C)n1. The molecule has 29 heavy (non-hydrogen) atoms. The molecule has 7 nitrogen and oxygen atoms in total. The number of hydrogen-bond donors (Lipinski definition) is 0. The summed E-state index contributed by atoms with van der Waals surface area (Å²) in [6.45, 7) is 11.5. The molecule has 0 aromatic carbocycles. The van der Waals surface area contributed by atoms with E-state index >= 15 is 0 Å². The van der Waals surface area contributed by atoms with E-state index in [1.54, 1.807) is 11.3 Å². The average molecular weight is 413 g/mol. The van der Waals surface area contributed by atoms with E-state index in [-0.39, 0.29) is 0 Å². The Balaban J connectivity index is 1.24. The smallest absolute Gasteiger partial charge is 0.227 e. The Hall–Kier alpha value is -2.32. The van der Waals surface area contributed by atoms with E-state index in [2.05, 4.69) is 51.8 Å². The van der Waals surface area contributed by atoms with Gasteiger partial charge in [0, 0.05) is 50.3 Å². The molecule has 4 heterocycles. The third kappa shape index (κ3) is 5.00. The topological polar surface area (TPSA) is 71.2 Å². The maximum Gasteiger partial charge on any atom is 0.227 e. The Bertz CT molecular complexity index is 915. The Morgan fingerprint density at radius 2 is 1.97 bits per heavy atom. The van der Waals surface area contributed by atoms with Crippen LogP contribution < -0.4 is 4.90 Å². The fraction of sp³-hybridized carbons (Fsp3) is 0.524. The maximum absolute atomic E-state index is 5.40. The molecule has 3 aromatic rings. The van der Waals surface area contributed by atoms with Gasteiger partial charge in [0.1, 0.15) is 11.6 Å². The van der Waals surface area contributed by atoms with Gasteiger partial charge in [-0.3, -0.25) is 4.90 Å². The van der Waals surface area contributed by atoms with Crippen molar-refractivity contribution in [1.82, 2.24) is 25.0 Å². The number of rotatable bonds is 7. The van der Waals surface area contributed by atoms with Crippen molar-refractivity contribution in [3.63, 3.8) is 0 Å². The Labute approximate surface area is 175 Å². The zero-order valence-electron chi connectivity index (χ0n) is 17.3. The highest BCUT2D eigenvalue weighted by molar-refractivity contribution is 7.13. The van der Waals surface area contributed by atoms with E-state index in [1.807, 2.05) is 17.5 Å². The minimum atomic E-state index is 0.347. The van der Waals surface area contributed by atoms with Crippen molar-refractivity contribution in [3.8, 4) is 10.7 Å². The minimum Gasteiger partial charge on any atom is -0.354 e. The van der Waals surface area contributed by atoms with Crippen molar-refractivity contribution in [1.29, 1.82) is 0 Å². The first kappa shape index (κ1) is 20.0. The predicted molar refractivity (Wildman–Crippen MR) is 115 cm³/mol. The molecule has 0 aliphatic carbocycles. The highest BCUT2D eigenvalue weighted by atomic mass is 32.1. The molecule has 4 rings (SSSR count). The number of thiophene rings is 1. The molecule has 1 saturated heterocycles. The van der Waals surface area contributed by atoms with Crippen LogP contribution in [0.4, 0.5) is 5.82 Å². The molecular formula is C21H28N6OS. The second-order valence-corrected chi connectivity index (χ2v) is 8.75. The van der Waals surface area contributed by atoms with Crippen LogP contribution >= 0.6 is 11.3 Å². The highest BCUT2D eigenvalue weighted by Crippen LogP contribution is 2.22. The molecule has 1 aliphatic rings. The molecule has 3 aromatic heterocycles. The van der Waals surface area contributed by atoms with Gasteiger partial charge in [-0.2, -0.15) is 4.98 Å². The van der Waals surface area contributed by atoms with Gasteiger partial charge >= 0.3 is 0 Å². The number of aromatic nitrogens is 4. The number of anilines is 1. The van der Waals surface area contributed by atoms with Gasteiger partial charge < -0.3 is 9.42 Å². The largest absolute Gasteiger partial charge is 0.354 e. The number of aryl methyl sites for hydroxylation is 2. The third-order valence-corrected chi connectivity index (χ3v) is 6.01. The van der Waals surface area contributed by atoms with E-state index in [4.69, 9.17) is 9.51 Å². The van der Waals surface area contributed by atoms with Crippen molar-refractivity contribution in [2.45, 2.75) is 39.5 Å². The Kier molecular flexibility index (Phi) is 6.20. The third-order valence-electron chi connectivity index (χ3n) is 5.15. The Morgan fingerprint density at radius 1 is 1.14 bits per heavy atom. The summed E-state index contributed by atoms with van der Waals surface area (Å²) in [7, 11) is 0. The quantitative estimate of drug-likeness (QED) is 0.585. The van der Waals surface area contributed by atoms with Crippen LogP contribution in [0.5, 0.6) is 0 Å². The van der Waals surface area contributed by atoms with Crippen LogP contribution in [0.3, 0.4) is 0 Å². The highest BCUT2D eigenvalue weighted by Gasteiger charge is 2.19. The molecule has 0 unspecified atom stereocenters. The van der Waals surface area contributed by atoms with Gasteiger partial charge in [-0.05, 0) is 31.3 Å². The Morgan fingerprint density at radius 3 is 2.69 bits per heavy atom.